The molecule has 4 aliphatic carbocycles. The van der Waals surface area contributed by atoms with Crippen molar-refractivity contribution in [2.45, 2.75) is 118 Å². The molecule has 0 saturated heterocycles. The Morgan fingerprint density at radius 3 is 2.38 bits per heavy atom. The highest BCUT2D eigenvalue weighted by atomic mass is 79.9. The number of nitrogens with zero attached hydrogens (tertiary/aromatic N) is 3. The number of esters is 1. The van der Waals surface area contributed by atoms with Gasteiger partial charge < -0.3 is 14.9 Å². The number of rotatable bonds is 6. The summed E-state index contributed by atoms with van der Waals surface area (Å²) in [7, 11) is 0. The number of halogens is 1. The Labute approximate surface area is 246 Å². The Hall–Kier alpha value is -1.83. The quantitative estimate of drug-likeness (QED) is 0.103. The molecular formula is C31H46BrN3O5. The van der Waals surface area contributed by atoms with E-state index in [1.807, 2.05) is 13.8 Å². The Kier molecular flexibility index (Phi) is 8.64. The number of hydrogen-bond donors (Lipinski definition) is 2. The summed E-state index contributed by atoms with van der Waals surface area (Å²) in [5.74, 6) is -1.00. The van der Waals surface area contributed by atoms with Crippen LogP contribution < -0.4 is 0 Å². The number of ether oxygens (including phenoxy) is 1. The summed E-state index contributed by atoms with van der Waals surface area (Å²) in [5.41, 5.74) is 10.5. The molecule has 8 nitrogen and oxygen atoms in total. The van der Waals surface area contributed by atoms with Gasteiger partial charge in [-0.3, -0.25) is 4.79 Å². The predicted octanol–water partition coefficient (Wildman–Crippen LogP) is 7.71. The first-order chi connectivity index (χ1) is 18.6. The molecule has 40 heavy (non-hydrogen) atoms. The molecule has 0 aromatic carbocycles. The van der Waals surface area contributed by atoms with Crippen molar-refractivity contribution in [2.24, 2.45) is 45.0 Å². The summed E-state index contributed by atoms with van der Waals surface area (Å²) >= 11 is 3.60. The summed E-state index contributed by atoms with van der Waals surface area (Å²) in [6.07, 6.45) is 4.23. The van der Waals surface area contributed by atoms with Gasteiger partial charge in [0.05, 0.1) is 6.10 Å². The average Bonchev–Trinajstić information content (AvgIpc) is 3.12. The molecule has 0 heterocycles. The average molecular weight is 621 g/mol. The van der Waals surface area contributed by atoms with E-state index in [1.54, 1.807) is 0 Å². The first-order valence-corrected chi connectivity index (χ1v) is 15.6. The van der Waals surface area contributed by atoms with Gasteiger partial charge in [0.2, 0.25) is 0 Å². The van der Waals surface area contributed by atoms with Crippen molar-refractivity contribution in [3.63, 3.8) is 0 Å². The zero-order valence-corrected chi connectivity index (χ0v) is 26.6. The van der Waals surface area contributed by atoms with Crippen LogP contribution in [0.2, 0.25) is 0 Å². The van der Waals surface area contributed by atoms with Crippen molar-refractivity contribution in [1.29, 1.82) is 0 Å². The second kappa shape index (κ2) is 11.1. The molecule has 0 aromatic rings. The molecule has 4 rings (SSSR count). The van der Waals surface area contributed by atoms with Gasteiger partial charge in [-0.05, 0) is 121 Å². The molecule has 3 unspecified atom stereocenters. The van der Waals surface area contributed by atoms with Crippen molar-refractivity contribution in [3.8, 4) is 0 Å². The molecule has 4 aliphatic rings. The molecule has 0 aliphatic heterocycles. The van der Waals surface area contributed by atoms with Crippen LogP contribution in [0.3, 0.4) is 0 Å². The molecule has 222 valence electrons. The first-order valence-electron chi connectivity index (χ1n) is 14.8. The Morgan fingerprint density at radius 2 is 1.80 bits per heavy atom. The van der Waals surface area contributed by atoms with Crippen LogP contribution in [0.15, 0.2) is 26.3 Å². The lowest BCUT2D eigenvalue weighted by Crippen LogP contribution is -2.65. The fraction of sp³-hybridized carbons (Fsp3) is 0.806. The maximum atomic E-state index is 12.8. The molecule has 9 heteroatoms. The zero-order valence-electron chi connectivity index (χ0n) is 25.0. The molecule has 4 saturated carbocycles. The molecule has 4 fully saturated rings. The number of aliphatic hydroxyl groups is 1. The van der Waals surface area contributed by atoms with Crippen LogP contribution in [0.4, 0.5) is 0 Å². The van der Waals surface area contributed by atoms with Crippen LogP contribution in [0.25, 0.3) is 10.4 Å². The number of carboxylic acids is 1. The lowest BCUT2D eigenvalue weighted by atomic mass is 9.36. The predicted molar refractivity (Wildman–Crippen MR) is 157 cm³/mol. The van der Waals surface area contributed by atoms with Crippen LogP contribution >= 0.6 is 15.9 Å². The fourth-order valence-electron chi connectivity index (χ4n) is 10.00. The zero-order chi connectivity index (χ0) is 29.8. The second-order valence-corrected chi connectivity index (χ2v) is 14.9. The number of hydrogen-bond acceptors (Lipinski definition) is 5. The lowest BCUT2D eigenvalue weighted by Gasteiger charge is -2.69. The van der Waals surface area contributed by atoms with Gasteiger partial charge in [-0.25, -0.2) is 4.79 Å². The molecule has 0 bridgehead atoms. The molecule has 2 N–H and O–H groups in total. The van der Waals surface area contributed by atoms with E-state index in [-0.39, 0.29) is 40.0 Å². The maximum Gasteiger partial charge on any atom is 0.331 e. The molecule has 0 spiro atoms. The number of carboxylic acid groups (broad SMARTS) is 1. The molecule has 0 amide bonds. The summed E-state index contributed by atoms with van der Waals surface area (Å²) in [5, 5.41) is 26.6. The van der Waals surface area contributed by atoms with Gasteiger partial charge in [0.15, 0.2) is 0 Å². The standard InChI is InChI=1S/C31H46BrN3O5/c1-16(2)22(32)9-8-19(28(38)39)26-21-14-24(37)27-29(5)12-11-23(34-35-33)17(3)20(29)10-13-30(27,6)31(21,7)15-25(26)40-18(4)36/h17,20-21,23-25,27,37H,8-15H2,1-7H3,(H,38,39)/b26-19-/t17-,20?,21?,23+,24+,25-,27?,29-,30-,31-/m0/s1. The number of fused-ring (bicyclic) bond motifs is 5. The number of carbonyl (C=O) groups is 2. The third-order valence-electron chi connectivity index (χ3n) is 12.0. The van der Waals surface area contributed by atoms with Crippen LogP contribution in [0, 0.1) is 39.9 Å². The van der Waals surface area contributed by atoms with Crippen molar-refractivity contribution >= 4 is 27.9 Å². The van der Waals surface area contributed by atoms with E-state index in [0.717, 1.165) is 35.7 Å². The van der Waals surface area contributed by atoms with Crippen LogP contribution in [-0.2, 0) is 14.3 Å². The van der Waals surface area contributed by atoms with Crippen LogP contribution in [-0.4, -0.2) is 40.4 Å². The molecule has 0 aromatic heterocycles. The van der Waals surface area contributed by atoms with Gasteiger partial charge in [-0.2, -0.15) is 0 Å². The summed E-state index contributed by atoms with van der Waals surface area (Å²) in [6.45, 7) is 14.4. The van der Waals surface area contributed by atoms with Gasteiger partial charge in [-0.1, -0.05) is 54.3 Å². The van der Waals surface area contributed by atoms with E-state index >= 15 is 0 Å². The van der Waals surface area contributed by atoms with E-state index in [0.29, 0.717) is 42.7 Å². The van der Waals surface area contributed by atoms with Gasteiger partial charge in [0.25, 0.3) is 0 Å². The lowest BCUT2D eigenvalue weighted by molar-refractivity contribution is -0.226. The number of aliphatic carboxylic acids is 1. The smallest absolute Gasteiger partial charge is 0.331 e. The summed E-state index contributed by atoms with van der Waals surface area (Å²) in [6, 6.07) is -0.0240. The highest BCUT2D eigenvalue weighted by molar-refractivity contribution is 9.11. The van der Waals surface area contributed by atoms with E-state index < -0.39 is 24.1 Å². The fourth-order valence-corrected chi connectivity index (χ4v) is 10.2. The van der Waals surface area contributed by atoms with Crippen LogP contribution in [0.5, 0.6) is 0 Å². The van der Waals surface area contributed by atoms with E-state index in [2.05, 4.69) is 53.7 Å². The van der Waals surface area contributed by atoms with Gasteiger partial charge in [-0.15, -0.1) is 0 Å². The number of azide groups is 1. The van der Waals surface area contributed by atoms with Crippen molar-refractivity contribution in [1.82, 2.24) is 0 Å². The molecule has 0 radical (unpaired) electrons. The summed E-state index contributed by atoms with van der Waals surface area (Å²) in [4.78, 5) is 28.2. The molecule has 10 atom stereocenters. The minimum atomic E-state index is -0.979. The first kappa shape index (κ1) is 31.1. The third kappa shape index (κ3) is 4.84. The second-order valence-electron chi connectivity index (χ2n) is 13.9. The summed E-state index contributed by atoms with van der Waals surface area (Å²) < 4.78 is 6.88. The van der Waals surface area contributed by atoms with Crippen molar-refractivity contribution in [2.75, 3.05) is 0 Å². The Morgan fingerprint density at radius 1 is 1.12 bits per heavy atom. The topological polar surface area (TPSA) is 133 Å². The SMILES string of the molecule is CC(=O)O[C@H]1C[C@@]2(C)C(C[C@@H](O)C3[C@@]4(C)CC[C@@H](N=[N+]=[N-])[C@@H](C)C4CC[C@@]32C)/C1=C(\CCC(Br)=C(C)C)C(=O)O. The normalized spacial score (nSPS) is 43.4. The van der Waals surface area contributed by atoms with Crippen LogP contribution in [0.1, 0.15) is 99.8 Å². The minimum Gasteiger partial charge on any atom is -0.478 e. The van der Waals surface area contributed by atoms with E-state index in [9.17, 15) is 19.8 Å². The Bertz CT molecular complexity index is 1170. The minimum absolute atomic E-state index is 0.0138. The molecular weight excluding hydrogens is 574 g/mol. The van der Waals surface area contributed by atoms with E-state index in [4.69, 9.17) is 10.3 Å². The van der Waals surface area contributed by atoms with Crippen molar-refractivity contribution in [3.05, 3.63) is 31.6 Å². The number of carbonyl (C=O) groups excluding carboxylic acids is 1. The largest absolute Gasteiger partial charge is 0.478 e. The maximum absolute atomic E-state index is 12.8. The monoisotopic (exact) mass is 619 g/mol. The Balaban J connectivity index is 1.81. The van der Waals surface area contributed by atoms with Gasteiger partial charge in [0, 0.05) is 23.5 Å². The third-order valence-corrected chi connectivity index (χ3v) is 13.1. The van der Waals surface area contributed by atoms with E-state index in [1.165, 1.54) is 6.92 Å². The number of aliphatic hydroxyl groups excluding tert-OH is 1. The number of allylic oxidation sites excluding steroid dienone is 2. The van der Waals surface area contributed by atoms with Gasteiger partial charge in [0.1, 0.15) is 6.10 Å². The highest BCUT2D eigenvalue weighted by Crippen LogP contribution is 2.74. The highest BCUT2D eigenvalue weighted by Gasteiger charge is 2.70. The van der Waals surface area contributed by atoms with Gasteiger partial charge >= 0.3 is 11.9 Å². The van der Waals surface area contributed by atoms with Crippen molar-refractivity contribution < 1.29 is 24.5 Å².